The first-order valence-corrected chi connectivity index (χ1v) is 11.3. The van der Waals surface area contributed by atoms with E-state index in [2.05, 4.69) is 13.8 Å². The van der Waals surface area contributed by atoms with Crippen molar-refractivity contribution in [1.82, 2.24) is 4.31 Å². The highest BCUT2D eigenvalue weighted by atomic mass is 32.2. The maximum absolute atomic E-state index is 12.9. The van der Waals surface area contributed by atoms with Crippen molar-refractivity contribution in [2.75, 3.05) is 18.1 Å². The summed E-state index contributed by atoms with van der Waals surface area (Å²) in [4.78, 5) is 0.236. The molecule has 0 aromatic heterocycles. The third kappa shape index (κ3) is 4.14. The molecular formula is C16H25NO4S2. The van der Waals surface area contributed by atoms with Gasteiger partial charge >= 0.3 is 0 Å². The van der Waals surface area contributed by atoms with Crippen molar-refractivity contribution in [3.63, 3.8) is 0 Å². The van der Waals surface area contributed by atoms with Gasteiger partial charge in [0.15, 0.2) is 9.84 Å². The predicted octanol–water partition coefficient (Wildman–Crippen LogP) is 2.40. The van der Waals surface area contributed by atoms with Crippen LogP contribution in [0.15, 0.2) is 29.2 Å². The second-order valence-electron chi connectivity index (χ2n) is 6.40. The van der Waals surface area contributed by atoms with E-state index in [-0.39, 0.29) is 16.4 Å². The molecule has 1 atom stereocenters. The Balaban J connectivity index is 2.33. The lowest BCUT2D eigenvalue weighted by Crippen LogP contribution is -2.41. The number of nitrogens with zero attached hydrogens (tertiary/aromatic N) is 1. The standard InChI is InChI=1S/C16H25NO4S2/c1-4-10-17(15-9-11-22(18,19)12-15)23(20,21)16-7-5-14(6-8-16)13(2)3/h5-8,13,15H,4,9-12H2,1-3H3/t15-/m0/s1. The summed E-state index contributed by atoms with van der Waals surface area (Å²) in [5.41, 5.74) is 1.08. The number of rotatable bonds is 6. The molecule has 5 nitrogen and oxygen atoms in total. The Labute approximate surface area is 139 Å². The lowest BCUT2D eigenvalue weighted by Gasteiger charge is -2.27. The highest BCUT2D eigenvalue weighted by molar-refractivity contribution is 7.92. The molecule has 1 fully saturated rings. The first-order chi connectivity index (χ1) is 10.7. The molecule has 1 heterocycles. The largest absolute Gasteiger partial charge is 0.243 e. The van der Waals surface area contributed by atoms with E-state index in [4.69, 9.17) is 0 Å². The van der Waals surface area contributed by atoms with Gasteiger partial charge in [-0.05, 0) is 36.5 Å². The molecule has 0 saturated carbocycles. The minimum absolute atomic E-state index is 0.0691. The maximum atomic E-state index is 12.9. The van der Waals surface area contributed by atoms with Crippen molar-refractivity contribution in [2.45, 2.75) is 50.5 Å². The topological polar surface area (TPSA) is 71.5 Å². The first kappa shape index (κ1) is 18.4. The summed E-state index contributed by atoms with van der Waals surface area (Å²) in [6.45, 7) is 6.34. The Morgan fingerprint density at radius 3 is 2.26 bits per heavy atom. The van der Waals surface area contributed by atoms with Crippen molar-refractivity contribution < 1.29 is 16.8 Å². The fraction of sp³-hybridized carbons (Fsp3) is 0.625. The highest BCUT2D eigenvalue weighted by Gasteiger charge is 2.38. The molecule has 1 aromatic rings. The molecule has 23 heavy (non-hydrogen) atoms. The first-order valence-electron chi connectivity index (χ1n) is 7.99. The van der Waals surface area contributed by atoms with Crippen LogP contribution in [0.3, 0.4) is 0 Å². The van der Waals surface area contributed by atoms with Crippen LogP contribution in [-0.4, -0.2) is 45.2 Å². The summed E-state index contributed by atoms with van der Waals surface area (Å²) < 4.78 is 50.7. The van der Waals surface area contributed by atoms with Crippen molar-refractivity contribution in [3.8, 4) is 0 Å². The van der Waals surface area contributed by atoms with Crippen LogP contribution in [-0.2, 0) is 19.9 Å². The molecule has 0 spiro atoms. The number of sulfone groups is 1. The third-order valence-corrected chi connectivity index (χ3v) is 7.93. The SMILES string of the molecule is CCCN([C@H]1CCS(=O)(=O)C1)S(=O)(=O)c1ccc(C(C)C)cc1. The Morgan fingerprint density at radius 1 is 1.22 bits per heavy atom. The Hall–Kier alpha value is -0.920. The van der Waals surface area contributed by atoms with Crippen LogP contribution in [0.4, 0.5) is 0 Å². The molecule has 1 saturated heterocycles. The molecule has 0 unspecified atom stereocenters. The molecule has 0 bridgehead atoms. The fourth-order valence-electron chi connectivity index (χ4n) is 2.88. The number of hydrogen-bond donors (Lipinski definition) is 0. The molecule has 130 valence electrons. The van der Waals surface area contributed by atoms with E-state index in [1.165, 1.54) is 4.31 Å². The Morgan fingerprint density at radius 2 is 1.83 bits per heavy atom. The monoisotopic (exact) mass is 359 g/mol. The van der Waals surface area contributed by atoms with Gasteiger partial charge in [0.1, 0.15) is 0 Å². The zero-order valence-electron chi connectivity index (χ0n) is 13.9. The van der Waals surface area contributed by atoms with E-state index >= 15 is 0 Å². The van der Waals surface area contributed by atoms with E-state index in [0.717, 1.165) is 5.56 Å². The van der Waals surface area contributed by atoms with Crippen LogP contribution in [0.5, 0.6) is 0 Å². The van der Waals surface area contributed by atoms with Crippen molar-refractivity contribution in [1.29, 1.82) is 0 Å². The molecule has 1 aromatic carbocycles. The van der Waals surface area contributed by atoms with E-state index in [1.54, 1.807) is 12.1 Å². The third-order valence-electron chi connectivity index (χ3n) is 4.21. The molecule has 7 heteroatoms. The van der Waals surface area contributed by atoms with Gasteiger partial charge < -0.3 is 0 Å². The van der Waals surface area contributed by atoms with Gasteiger partial charge in [-0.2, -0.15) is 4.31 Å². The summed E-state index contributed by atoms with van der Waals surface area (Å²) >= 11 is 0. The molecular weight excluding hydrogens is 334 g/mol. The highest BCUT2D eigenvalue weighted by Crippen LogP contribution is 2.26. The average molecular weight is 360 g/mol. The molecule has 0 aliphatic carbocycles. The van der Waals surface area contributed by atoms with Gasteiger partial charge in [-0.3, -0.25) is 0 Å². The average Bonchev–Trinajstić information content (AvgIpc) is 2.84. The Bertz CT molecular complexity index is 737. The van der Waals surface area contributed by atoms with Crippen LogP contribution in [0.2, 0.25) is 0 Å². The molecule has 2 rings (SSSR count). The summed E-state index contributed by atoms with van der Waals surface area (Å²) in [5, 5.41) is 0. The van der Waals surface area contributed by atoms with Crippen LogP contribution in [0, 0.1) is 0 Å². The second-order valence-corrected chi connectivity index (χ2v) is 10.5. The summed E-state index contributed by atoms with van der Waals surface area (Å²) in [6.07, 6.45) is 1.03. The summed E-state index contributed by atoms with van der Waals surface area (Å²) in [5.74, 6) is 0.328. The minimum atomic E-state index is -3.67. The van der Waals surface area contributed by atoms with Gasteiger partial charge in [-0.15, -0.1) is 0 Å². The van der Waals surface area contributed by atoms with E-state index in [0.29, 0.717) is 25.3 Å². The van der Waals surface area contributed by atoms with E-state index < -0.39 is 25.9 Å². The van der Waals surface area contributed by atoms with Crippen LogP contribution in [0.25, 0.3) is 0 Å². The number of benzene rings is 1. The fourth-order valence-corrected chi connectivity index (χ4v) is 6.45. The van der Waals surface area contributed by atoms with Gasteiger partial charge in [0.2, 0.25) is 10.0 Å². The zero-order chi connectivity index (χ0) is 17.3. The van der Waals surface area contributed by atoms with Crippen molar-refractivity contribution in [3.05, 3.63) is 29.8 Å². The second kappa shape index (κ2) is 6.91. The summed E-state index contributed by atoms with van der Waals surface area (Å²) in [6, 6.07) is 6.45. The van der Waals surface area contributed by atoms with Crippen molar-refractivity contribution >= 4 is 19.9 Å². The maximum Gasteiger partial charge on any atom is 0.243 e. The normalized spacial score (nSPS) is 21.2. The molecule has 0 radical (unpaired) electrons. The molecule has 0 amide bonds. The van der Waals surface area contributed by atoms with Gasteiger partial charge in [0.05, 0.1) is 16.4 Å². The zero-order valence-corrected chi connectivity index (χ0v) is 15.5. The number of sulfonamides is 1. The smallest absolute Gasteiger partial charge is 0.229 e. The quantitative estimate of drug-likeness (QED) is 0.782. The molecule has 1 aliphatic rings. The lowest BCUT2D eigenvalue weighted by atomic mass is 10.0. The van der Waals surface area contributed by atoms with Crippen LogP contribution >= 0.6 is 0 Å². The van der Waals surface area contributed by atoms with Crippen molar-refractivity contribution in [2.24, 2.45) is 0 Å². The van der Waals surface area contributed by atoms with Crippen LogP contribution in [0.1, 0.15) is 45.1 Å². The lowest BCUT2D eigenvalue weighted by molar-refractivity contribution is 0.340. The van der Waals surface area contributed by atoms with Crippen LogP contribution < -0.4 is 0 Å². The van der Waals surface area contributed by atoms with Gasteiger partial charge in [0, 0.05) is 12.6 Å². The minimum Gasteiger partial charge on any atom is -0.229 e. The predicted molar refractivity (Wildman–Crippen MR) is 91.8 cm³/mol. The van der Waals surface area contributed by atoms with E-state index in [1.807, 2.05) is 19.1 Å². The number of hydrogen-bond acceptors (Lipinski definition) is 4. The Kier molecular flexibility index (Phi) is 5.53. The molecule has 1 aliphatic heterocycles. The van der Waals surface area contributed by atoms with E-state index in [9.17, 15) is 16.8 Å². The summed E-state index contributed by atoms with van der Waals surface area (Å²) in [7, 11) is -6.80. The van der Waals surface area contributed by atoms with Gasteiger partial charge in [-0.1, -0.05) is 32.9 Å². The van der Waals surface area contributed by atoms with Gasteiger partial charge in [-0.25, -0.2) is 16.8 Å². The molecule has 0 N–H and O–H groups in total. The van der Waals surface area contributed by atoms with Gasteiger partial charge in [0.25, 0.3) is 0 Å².